The summed E-state index contributed by atoms with van der Waals surface area (Å²) in [4.78, 5) is 34.9. The van der Waals surface area contributed by atoms with Gasteiger partial charge in [0.05, 0.1) is 16.8 Å². The van der Waals surface area contributed by atoms with Crippen LogP contribution < -0.4 is 0 Å². The molecule has 0 aliphatic heterocycles. The van der Waals surface area contributed by atoms with Crippen molar-refractivity contribution in [1.29, 1.82) is 0 Å². The third-order valence-electron chi connectivity index (χ3n) is 3.55. The van der Waals surface area contributed by atoms with Gasteiger partial charge in [0.25, 0.3) is 0 Å². The van der Waals surface area contributed by atoms with E-state index in [-0.39, 0.29) is 18.0 Å². The molecule has 3 aromatic rings. The van der Waals surface area contributed by atoms with Crippen LogP contribution in [0.3, 0.4) is 0 Å². The number of furan rings is 1. The van der Waals surface area contributed by atoms with Crippen LogP contribution in [0.5, 0.6) is 0 Å². The molecule has 0 saturated heterocycles. The Labute approximate surface area is 158 Å². The van der Waals surface area contributed by atoms with Crippen LogP contribution in [0.25, 0.3) is 11.6 Å². The molecule has 3 aromatic heterocycles. The summed E-state index contributed by atoms with van der Waals surface area (Å²) in [7, 11) is 0. The molecule has 0 atom stereocenters. The monoisotopic (exact) mass is 388 g/mol. The molecular weight excluding hydrogens is 372 g/mol. The number of hydrogen-bond donors (Lipinski definition) is 0. The Kier molecular flexibility index (Phi) is 5.53. The molecule has 3 heterocycles. The average Bonchev–Trinajstić information content (AvgIpc) is 3.30. The standard InChI is InChI=1S/C18H16N2O4S2/c1-10-6-7-14(26-10)12(21)9-24-18(22)15-11(2)19-16(20-17(15)25-3)13-5-4-8-23-13/h4-8H,9H2,1-3H3. The lowest BCUT2D eigenvalue weighted by Crippen LogP contribution is -2.16. The van der Waals surface area contributed by atoms with Gasteiger partial charge >= 0.3 is 5.97 Å². The summed E-state index contributed by atoms with van der Waals surface area (Å²) in [5, 5.41) is 0.480. The van der Waals surface area contributed by atoms with E-state index in [0.29, 0.717) is 27.2 Å². The highest BCUT2D eigenvalue weighted by molar-refractivity contribution is 7.98. The first kappa shape index (κ1) is 18.3. The molecule has 8 heteroatoms. The van der Waals surface area contributed by atoms with E-state index in [4.69, 9.17) is 9.15 Å². The third kappa shape index (κ3) is 3.86. The molecule has 0 bridgehead atoms. The maximum atomic E-state index is 12.5. The minimum absolute atomic E-state index is 0.229. The number of thioether (sulfide) groups is 1. The first-order chi connectivity index (χ1) is 12.5. The Bertz CT molecular complexity index is 948. The van der Waals surface area contributed by atoms with Crippen LogP contribution in [0.2, 0.25) is 0 Å². The highest BCUT2D eigenvalue weighted by Gasteiger charge is 2.22. The number of carbonyl (C=O) groups is 2. The number of aromatic nitrogens is 2. The van der Waals surface area contributed by atoms with E-state index in [0.717, 1.165) is 4.88 Å². The number of ketones is 1. The summed E-state index contributed by atoms with van der Waals surface area (Å²) in [6.07, 6.45) is 3.34. The zero-order chi connectivity index (χ0) is 18.7. The van der Waals surface area contributed by atoms with Gasteiger partial charge in [0, 0.05) is 4.88 Å². The summed E-state index contributed by atoms with van der Waals surface area (Å²) in [5.41, 5.74) is 0.739. The number of aryl methyl sites for hydroxylation is 2. The van der Waals surface area contributed by atoms with Gasteiger partial charge in [-0.25, -0.2) is 14.8 Å². The number of thiophene rings is 1. The molecule has 0 unspecified atom stereocenters. The second-order valence-electron chi connectivity index (χ2n) is 5.40. The van der Waals surface area contributed by atoms with Gasteiger partial charge in [-0.2, -0.15) is 0 Å². The molecule has 0 fully saturated rings. The van der Waals surface area contributed by atoms with Crippen molar-refractivity contribution in [3.05, 3.63) is 51.5 Å². The van der Waals surface area contributed by atoms with Gasteiger partial charge in [0.2, 0.25) is 5.78 Å². The van der Waals surface area contributed by atoms with E-state index in [9.17, 15) is 9.59 Å². The second-order valence-corrected chi connectivity index (χ2v) is 7.49. The SMILES string of the molecule is CSc1nc(-c2ccco2)nc(C)c1C(=O)OCC(=O)c1ccc(C)s1. The van der Waals surface area contributed by atoms with Crippen molar-refractivity contribution in [3.63, 3.8) is 0 Å². The Morgan fingerprint density at radius 3 is 2.65 bits per heavy atom. The molecule has 26 heavy (non-hydrogen) atoms. The lowest BCUT2D eigenvalue weighted by atomic mass is 10.2. The Hall–Kier alpha value is -2.45. The number of ether oxygens (including phenoxy) is 1. The Balaban J connectivity index is 1.79. The highest BCUT2D eigenvalue weighted by atomic mass is 32.2. The fourth-order valence-electron chi connectivity index (χ4n) is 2.30. The Morgan fingerprint density at radius 2 is 2.04 bits per heavy atom. The molecule has 3 rings (SSSR count). The fraction of sp³-hybridized carbons (Fsp3) is 0.222. The predicted octanol–water partition coefficient (Wildman–Crippen LogP) is 4.18. The molecule has 0 aliphatic rings. The summed E-state index contributed by atoms with van der Waals surface area (Å²) in [6, 6.07) is 7.08. The summed E-state index contributed by atoms with van der Waals surface area (Å²) >= 11 is 2.68. The van der Waals surface area contributed by atoms with Crippen LogP contribution in [-0.4, -0.2) is 34.6 Å². The first-order valence-electron chi connectivity index (χ1n) is 7.73. The number of rotatable bonds is 6. The average molecular weight is 388 g/mol. The van der Waals surface area contributed by atoms with E-state index in [2.05, 4.69) is 9.97 Å². The van der Waals surface area contributed by atoms with Crippen molar-refractivity contribution in [1.82, 2.24) is 9.97 Å². The van der Waals surface area contributed by atoms with Crippen molar-refractivity contribution in [2.75, 3.05) is 12.9 Å². The van der Waals surface area contributed by atoms with Gasteiger partial charge < -0.3 is 9.15 Å². The molecule has 0 aromatic carbocycles. The number of Topliss-reactive ketones (excluding diaryl/α,β-unsaturated/α-hetero) is 1. The molecule has 0 saturated carbocycles. The molecule has 6 nitrogen and oxygen atoms in total. The molecule has 134 valence electrons. The molecule has 0 radical (unpaired) electrons. The number of nitrogens with zero attached hydrogens (tertiary/aromatic N) is 2. The maximum Gasteiger partial charge on any atom is 0.343 e. The maximum absolute atomic E-state index is 12.5. The molecule has 0 N–H and O–H groups in total. The van der Waals surface area contributed by atoms with Crippen molar-refractivity contribution in [3.8, 4) is 11.6 Å². The van der Waals surface area contributed by atoms with Crippen LogP contribution in [0.1, 0.15) is 30.6 Å². The quantitative estimate of drug-likeness (QED) is 0.271. The van der Waals surface area contributed by atoms with Crippen molar-refractivity contribution < 1.29 is 18.7 Å². The van der Waals surface area contributed by atoms with Crippen LogP contribution in [-0.2, 0) is 4.74 Å². The smallest absolute Gasteiger partial charge is 0.343 e. The lowest BCUT2D eigenvalue weighted by molar-refractivity contribution is 0.0470. The second kappa shape index (κ2) is 7.84. The topological polar surface area (TPSA) is 82.3 Å². The molecule has 0 spiro atoms. The molecule has 0 amide bonds. The summed E-state index contributed by atoms with van der Waals surface area (Å²) in [6.45, 7) is 3.31. The van der Waals surface area contributed by atoms with Gasteiger partial charge in [0.1, 0.15) is 10.6 Å². The molecule has 0 aliphatic carbocycles. The lowest BCUT2D eigenvalue weighted by Gasteiger charge is -2.10. The van der Waals surface area contributed by atoms with E-state index in [1.54, 1.807) is 25.1 Å². The molecular formula is C18H16N2O4S2. The number of hydrogen-bond acceptors (Lipinski definition) is 8. The van der Waals surface area contributed by atoms with Gasteiger partial charge in [-0.15, -0.1) is 23.1 Å². The van der Waals surface area contributed by atoms with Gasteiger partial charge in [-0.05, 0) is 44.4 Å². The number of esters is 1. The van der Waals surface area contributed by atoms with Crippen molar-refractivity contribution in [2.24, 2.45) is 0 Å². The largest absolute Gasteiger partial charge is 0.461 e. The minimum atomic E-state index is -0.612. The fourth-order valence-corrected chi connectivity index (χ4v) is 3.71. The third-order valence-corrected chi connectivity index (χ3v) is 5.27. The zero-order valence-corrected chi connectivity index (χ0v) is 16.1. The van der Waals surface area contributed by atoms with Crippen molar-refractivity contribution in [2.45, 2.75) is 18.9 Å². The van der Waals surface area contributed by atoms with Crippen LogP contribution >= 0.6 is 23.1 Å². The minimum Gasteiger partial charge on any atom is -0.461 e. The summed E-state index contributed by atoms with van der Waals surface area (Å²) < 4.78 is 10.5. The van der Waals surface area contributed by atoms with Crippen molar-refractivity contribution >= 4 is 34.9 Å². The van der Waals surface area contributed by atoms with Crippen LogP contribution in [0.4, 0.5) is 0 Å². The zero-order valence-electron chi connectivity index (χ0n) is 14.4. The Morgan fingerprint density at radius 1 is 1.23 bits per heavy atom. The van der Waals surface area contributed by atoms with E-state index in [1.165, 1.54) is 29.4 Å². The van der Waals surface area contributed by atoms with Gasteiger partial charge in [-0.1, -0.05) is 0 Å². The van der Waals surface area contributed by atoms with Gasteiger partial charge in [-0.3, -0.25) is 4.79 Å². The highest BCUT2D eigenvalue weighted by Crippen LogP contribution is 2.26. The first-order valence-corrected chi connectivity index (χ1v) is 9.77. The number of carbonyl (C=O) groups excluding carboxylic acids is 2. The van der Waals surface area contributed by atoms with E-state index < -0.39 is 5.97 Å². The normalized spacial score (nSPS) is 10.7. The predicted molar refractivity (Wildman–Crippen MR) is 99.9 cm³/mol. The van der Waals surface area contributed by atoms with Gasteiger partial charge in [0.15, 0.2) is 18.2 Å². The summed E-state index contributed by atoms with van der Waals surface area (Å²) in [5.74, 6) is 0.0810. The van der Waals surface area contributed by atoms with E-state index in [1.807, 2.05) is 19.2 Å². The van der Waals surface area contributed by atoms with E-state index >= 15 is 0 Å². The van der Waals surface area contributed by atoms with Crippen LogP contribution in [0.15, 0.2) is 40.0 Å². The van der Waals surface area contributed by atoms with Crippen LogP contribution in [0, 0.1) is 13.8 Å².